The normalized spacial score (nSPS) is 11.6. The lowest BCUT2D eigenvalue weighted by Crippen LogP contribution is -2.11. The van der Waals surface area contributed by atoms with Gasteiger partial charge in [-0.3, -0.25) is 0 Å². The number of hydrogen-bond donors (Lipinski definition) is 0. The lowest BCUT2D eigenvalue weighted by atomic mass is 10.1. The van der Waals surface area contributed by atoms with Crippen molar-refractivity contribution in [1.29, 1.82) is 0 Å². The standard InChI is InChI=1S/C13H19NO2/c1-4-15-10-13(14-16-5-2)12-8-6-11(3)7-9-12/h6-9H,4-5,10H2,1-3H3. The number of oxime groups is 1. The third-order valence-corrected chi connectivity index (χ3v) is 2.13. The van der Waals surface area contributed by atoms with E-state index in [0.29, 0.717) is 19.8 Å². The first kappa shape index (κ1) is 12.7. The van der Waals surface area contributed by atoms with E-state index in [1.165, 1.54) is 5.56 Å². The summed E-state index contributed by atoms with van der Waals surface area (Å²) in [7, 11) is 0. The maximum atomic E-state index is 5.37. The van der Waals surface area contributed by atoms with E-state index in [9.17, 15) is 0 Å². The van der Waals surface area contributed by atoms with E-state index in [-0.39, 0.29) is 0 Å². The second kappa shape index (κ2) is 7.01. The summed E-state index contributed by atoms with van der Waals surface area (Å²) in [6, 6.07) is 8.18. The smallest absolute Gasteiger partial charge is 0.114 e. The predicted molar refractivity (Wildman–Crippen MR) is 65.8 cm³/mol. The maximum Gasteiger partial charge on any atom is 0.114 e. The number of rotatable bonds is 6. The maximum absolute atomic E-state index is 5.37. The Balaban J connectivity index is 2.78. The monoisotopic (exact) mass is 221 g/mol. The molecule has 16 heavy (non-hydrogen) atoms. The first-order valence-electron chi connectivity index (χ1n) is 5.61. The van der Waals surface area contributed by atoms with E-state index in [1.54, 1.807) is 0 Å². The molecule has 1 aromatic carbocycles. The Morgan fingerprint density at radius 3 is 2.38 bits per heavy atom. The molecule has 3 heteroatoms. The van der Waals surface area contributed by atoms with Gasteiger partial charge in [0, 0.05) is 12.2 Å². The molecule has 0 atom stereocenters. The summed E-state index contributed by atoms with van der Waals surface area (Å²) in [4.78, 5) is 5.09. The van der Waals surface area contributed by atoms with Crippen LogP contribution in [0.1, 0.15) is 25.0 Å². The molecule has 0 radical (unpaired) electrons. The van der Waals surface area contributed by atoms with Gasteiger partial charge in [-0.25, -0.2) is 0 Å². The molecule has 0 heterocycles. The first-order chi connectivity index (χ1) is 7.77. The van der Waals surface area contributed by atoms with Crippen LogP contribution in [-0.4, -0.2) is 25.5 Å². The summed E-state index contributed by atoms with van der Waals surface area (Å²) in [5, 5.41) is 4.07. The molecule has 0 unspecified atom stereocenters. The van der Waals surface area contributed by atoms with E-state index in [4.69, 9.17) is 9.57 Å². The molecule has 0 spiro atoms. The highest BCUT2D eigenvalue weighted by Crippen LogP contribution is 2.06. The fraction of sp³-hybridized carbons (Fsp3) is 0.462. The molecule has 0 saturated heterocycles. The summed E-state index contributed by atoms with van der Waals surface area (Å²) in [5.41, 5.74) is 3.12. The number of ether oxygens (including phenoxy) is 1. The van der Waals surface area contributed by atoms with Crippen molar-refractivity contribution in [3.05, 3.63) is 35.4 Å². The Morgan fingerprint density at radius 1 is 1.12 bits per heavy atom. The van der Waals surface area contributed by atoms with Crippen LogP contribution in [0.5, 0.6) is 0 Å². The van der Waals surface area contributed by atoms with Crippen LogP contribution in [0.2, 0.25) is 0 Å². The highest BCUT2D eigenvalue weighted by molar-refractivity contribution is 6.01. The zero-order valence-electron chi connectivity index (χ0n) is 10.2. The van der Waals surface area contributed by atoms with Crippen molar-refractivity contribution in [2.24, 2.45) is 5.16 Å². The molecular formula is C13H19NO2. The summed E-state index contributed by atoms with van der Waals surface area (Å²) in [5.74, 6) is 0. The van der Waals surface area contributed by atoms with Gasteiger partial charge in [0.1, 0.15) is 12.3 Å². The van der Waals surface area contributed by atoms with Crippen molar-refractivity contribution in [2.45, 2.75) is 20.8 Å². The first-order valence-corrected chi connectivity index (χ1v) is 5.61. The molecule has 0 saturated carbocycles. The number of benzene rings is 1. The second-order valence-corrected chi connectivity index (χ2v) is 3.46. The van der Waals surface area contributed by atoms with Crippen LogP contribution < -0.4 is 0 Å². The number of hydrogen-bond acceptors (Lipinski definition) is 3. The molecule has 0 amide bonds. The third-order valence-electron chi connectivity index (χ3n) is 2.13. The Morgan fingerprint density at radius 2 is 1.81 bits per heavy atom. The fourth-order valence-corrected chi connectivity index (χ4v) is 1.25. The van der Waals surface area contributed by atoms with E-state index < -0.39 is 0 Å². The molecule has 0 aliphatic carbocycles. The third kappa shape index (κ3) is 4.03. The molecule has 1 aromatic rings. The van der Waals surface area contributed by atoms with Gasteiger partial charge >= 0.3 is 0 Å². The van der Waals surface area contributed by atoms with Crippen LogP contribution in [0.3, 0.4) is 0 Å². The van der Waals surface area contributed by atoms with Gasteiger partial charge in [-0.15, -0.1) is 0 Å². The van der Waals surface area contributed by atoms with Crippen LogP contribution >= 0.6 is 0 Å². The molecule has 0 N–H and O–H groups in total. The largest absolute Gasteiger partial charge is 0.396 e. The van der Waals surface area contributed by atoms with Gasteiger partial charge in [0.05, 0.1) is 6.61 Å². The zero-order valence-corrected chi connectivity index (χ0v) is 10.2. The Hall–Kier alpha value is -1.35. The van der Waals surface area contributed by atoms with Crippen LogP contribution in [0.25, 0.3) is 0 Å². The van der Waals surface area contributed by atoms with Crippen molar-refractivity contribution >= 4 is 5.71 Å². The van der Waals surface area contributed by atoms with Crippen LogP contribution in [0.15, 0.2) is 29.4 Å². The molecule has 0 aliphatic heterocycles. The SMILES string of the molecule is CCOCC(=NOCC)c1ccc(C)cc1. The highest BCUT2D eigenvalue weighted by Gasteiger charge is 2.04. The summed E-state index contributed by atoms with van der Waals surface area (Å²) in [6.45, 7) is 7.67. The van der Waals surface area contributed by atoms with E-state index in [1.807, 2.05) is 26.0 Å². The van der Waals surface area contributed by atoms with Crippen molar-refractivity contribution in [2.75, 3.05) is 19.8 Å². The lowest BCUT2D eigenvalue weighted by Gasteiger charge is -2.06. The Kier molecular flexibility index (Phi) is 5.57. The average Bonchev–Trinajstić information content (AvgIpc) is 2.31. The Labute approximate surface area is 97.1 Å². The summed E-state index contributed by atoms with van der Waals surface area (Å²) in [6.07, 6.45) is 0. The molecule has 0 bridgehead atoms. The van der Waals surface area contributed by atoms with Crippen molar-refractivity contribution in [3.63, 3.8) is 0 Å². The average molecular weight is 221 g/mol. The number of aryl methyl sites for hydroxylation is 1. The van der Waals surface area contributed by atoms with Crippen molar-refractivity contribution in [3.8, 4) is 0 Å². The zero-order chi connectivity index (χ0) is 11.8. The quantitative estimate of drug-likeness (QED) is 0.546. The minimum atomic E-state index is 0.486. The molecule has 0 aliphatic rings. The van der Waals surface area contributed by atoms with Crippen molar-refractivity contribution in [1.82, 2.24) is 0 Å². The van der Waals surface area contributed by atoms with Crippen LogP contribution in [0, 0.1) is 6.92 Å². The summed E-state index contributed by atoms with van der Waals surface area (Å²) >= 11 is 0. The topological polar surface area (TPSA) is 30.8 Å². The van der Waals surface area contributed by atoms with Gasteiger partial charge in [0.15, 0.2) is 0 Å². The molecular weight excluding hydrogens is 202 g/mol. The van der Waals surface area contributed by atoms with Crippen LogP contribution in [-0.2, 0) is 9.57 Å². The van der Waals surface area contributed by atoms with Gasteiger partial charge in [0.25, 0.3) is 0 Å². The minimum absolute atomic E-state index is 0.486. The van der Waals surface area contributed by atoms with Gasteiger partial charge in [0.2, 0.25) is 0 Å². The predicted octanol–water partition coefficient (Wildman–Crippen LogP) is 2.77. The van der Waals surface area contributed by atoms with Crippen molar-refractivity contribution < 1.29 is 9.57 Å². The van der Waals surface area contributed by atoms with Gasteiger partial charge in [-0.1, -0.05) is 35.0 Å². The molecule has 0 fully saturated rings. The molecule has 3 nitrogen and oxygen atoms in total. The molecule has 88 valence electrons. The van der Waals surface area contributed by atoms with E-state index >= 15 is 0 Å². The Bertz CT molecular complexity index is 330. The van der Waals surface area contributed by atoms with E-state index in [0.717, 1.165) is 11.3 Å². The van der Waals surface area contributed by atoms with Gasteiger partial charge in [-0.2, -0.15) is 0 Å². The number of nitrogens with zero attached hydrogens (tertiary/aromatic N) is 1. The summed E-state index contributed by atoms with van der Waals surface area (Å²) < 4.78 is 5.37. The minimum Gasteiger partial charge on any atom is -0.396 e. The molecule has 0 aromatic heterocycles. The lowest BCUT2D eigenvalue weighted by molar-refractivity contribution is 0.148. The molecule has 1 rings (SSSR count). The van der Waals surface area contributed by atoms with Crippen LogP contribution in [0.4, 0.5) is 0 Å². The van der Waals surface area contributed by atoms with E-state index in [2.05, 4.69) is 24.2 Å². The van der Waals surface area contributed by atoms with Gasteiger partial charge in [-0.05, 0) is 20.8 Å². The van der Waals surface area contributed by atoms with Gasteiger partial charge < -0.3 is 9.57 Å². The highest BCUT2D eigenvalue weighted by atomic mass is 16.6. The fourth-order valence-electron chi connectivity index (χ4n) is 1.25. The second-order valence-electron chi connectivity index (χ2n) is 3.46.